The molecule has 2 rings (SSSR count). The summed E-state index contributed by atoms with van der Waals surface area (Å²) in [6.45, 7) is 6.21. The lowest BCUT2D eigenvalue weighted by Crippen LogP contribution is -2.11. The van der Waals surface area contributed by atoms with E-state index in [-0.39, 0.29) is 0 Å². The van der Waals surface area contributed by atoms with Crippen molar-refractivity contribution in [2.45, 2.75) is 32.9 Å². The average molecular weight is 191 g/mol. The van der Waals surface area contributed by atoms with E-state index in [0.717, 1.165) is 25.3 Å². The summed E-state index contributed by atoms with van der Waals surface area (Å²) in [6, 6.07) is 6.48. The van der Waals surface area contributed by atoms with Crippen LogP contribution >= 0.6 is 0 Å². The molecule has 1 aromatic carbocycles. The van der Waals surface area contributed by atoms with Gasteiger partial charge >= 0.3 is 0 Å². The SMILES string of the molecule is CCNCc1ccc2c(c1)CC(C)O2. The number of nitrogens with one attached hydrogen (secondary N) is 1. The van der Waals surface area contributed by atoms with E-state index in [1.165, 1.54) is 11.1 Å². The second-order valence-electron chi connectivity index (χ2n) is 3.85. The number of fused-ring (bicyclic) bond motifs is 1. The predicted octanol–water partition coefficient (Wildman–Crippen LogP) is 2.12. The highest BCUT2D eigenvalue weighted by atomic mass is 16.5. The molecule has 0 amide bonds. The van der Waals surface area contributed by atoms with Gasteiger partial charge in [0.25, 0.3) is 0 Å². The van der Waals surface area contributed by atoms with Crippen molar-refractivity contribution in [2.75, 3.05) is 6.54 Å². The first-order valence-electron chi connectivity index (χ1n) is 5.28. The molecule has 0 fully saturated rings. The molecule has 1 atom stereocenters. The molecule has 0 saturated heterocycles. The van der Waals surface area contributed by atoms with Crippen LogP contribution in [-0.2, 0) is 13.0 Å². The zero-order chi connectivity index (χ0) is 9.97. The first-order chi connectivity index (χ1) is 6.79. The maximum atomic E-state index is 5.65. The Balaban J connectivity index is 2.12. The lowest BCUT2D eigenvalue weighted by molar-refractivity contribution is 0.254. The van der Waals surface area contributed by atoms with E-state index < -0.39 is 0 Å². The van der Waals surface area contributed by atoms with Crippen LogP contribution < -0.4 is 10.1 Å². The normalized spacial score (nSPS) is 19.1. The van der Waals surface area contributed by atoms with Gasteiger partial charge in [0.05, 0.1) is 0 Å². The lowest BCUT2D eigenvalue weighted by atomic mass is 10.1. The van der Waals surface area contributed by atoms with E-state index in [4.69, 9.17) is 4.74 Å². The second-order valence-corrected chi connectivity index (χ2v) is 3.85. The fourth-order valence-corrected chi connectivity index (χ4v) is 1.85. The van der Waals surface area contributed by atoms with Gasteiger partial charge in [-0.25, -0.2) is 0 Å². The highest BCUT2D eigenvalue weighted by Gasteiger charge is 2.18. The maximum Gasteiger partial charge on any atom is 0.123 e. The molecule has 0 bridgehead atoms. The number of rotatable bonds is 3. The van der Waals surface area contributed by atoms with Crippen LogP contribution in [0.3, 0.4) is 0 Å². The molecule has 1 unspecified atom stereocenters. The monoisotopic (exact) mass is 191 g/mol. The van der Waals surface area contributed by atoms with Crippen molar-refractivity contribution in [2.24, 2.45) is 0 Å². The number of ether oxygens (including phenoxy) is 1. The first-order valence-corrected chi connectivity index (χ1v) is 5.28. The fourth-order valence-electron chi connectivity index (χ4n) is 1.85. The Morgan fingerprint density at radius 3 is 3.14 bits per heavy atom. The highest BCUT2D eigenvalue weighted by molar-refractivity contribution is 5.40. The topological polar surface area (TPSA) is 21.3 Å². The maximum absolute atomic E-state index is 5.65. The smallest absolute Gasteiger partial charge is 0.123 e. The lowest BCUT2D eigenvalue weighted by Gasteiger charge is -2.04. The van der Waals surface area contributed by atoms with E-state index in [0.29, 0.717) is 6.10 Å². The minimum Gasteiger partial charge on any atom is -0.490 e. The molecular formula is C12H17NO. The molecule has 1 heterocycles. The molecule has 1 aliphatic heterocycles. The van der Waals surface area contributed by atoms with Crippen LogP contribution in [0.1, 0.15) is 25.0 Å². The minimum atomic E-state index is 0.347. The molecule has 14 heavy (non-hydrogen) atoms. The largest absolute Gasteiger partial charge is 0.490 e. The summed E-state index contributed by atoms with van der Waals surface area (Å²) in [4.78, 5) is 0. The molecule has 0 aromatic heterocycles. The van der Waals surface area contributed by atoms with Crippen molar-refractivity contribution in [3.8, 4) is 5.75 Å². The molecule has 0 aliphatic carbocycles. The van der Waals surface area contributed by atoms with Crippen LogP contribution in [0.4, 0.5) is 0 Å². The van der Waals surface area contributed by atoms with Crippen LogP contribution in [-0.4, -0.2) is 12.6 Å². The summed E-state index contributed by atoms with van der Waals surface area (Å²) in [5, 5.41) is 3.33. The Kier molecular flexibility index (Phi) is 2.73. The predicted molar refractivity (Wildman–Crippen MR) is 57.6 cm³/mol. The molecular weight excluding hydrogens is 174 g/mol. The summed E-state index contributed by atoms with van der Waals surface area (Å²) in [5.41, 5.74) is 2.70. The first kappa shape index (κ1) is 9.53. The van der Waals surface area contributed by atoms with Gasteiger partial charge in [-0.2, -0.15) is 0 Å². The summed E-state index contributed by atoms with van der Waals surface area (Å²) >= 11 is 0. The van der Waals surface area contributed by atoms with Gasteiger partial charge in [-0.05, 0) is 30.7 Å². The number of hydrogen-bond acceptors (Lipinski definition) is 2. The van der Waals surface area contributed by atoms with Gasteiger partial charge in [0.15, 0.2) is 0 Å². The Hall–Kier alpha value is -1.02. The van der Waals surface area contributed by atoms with Crippen LogP contribution in [0, 0.1) is 0 Å². The van der Waals surface area contributed by atoms with Crippen LogP contribution in [0.5, 0.6) is 5.75 Å². The van der Waals surface area contributed by atoms with E-state index in [1.54, 1.807) is 0 Å². The van der Waals surface area contributed by atoms with Gasteiger partial charge in [0.2, 0.25) is 0 Å². The number of hydrogen-bond donors (Lipinski definition) is 1. The molecule has 1 aliphatic rings. The quantitative estimate of drug-likeness (QED) is 0.790. The fraction of sp³-hybridized carbons (Fsp3) is 0.500. The van der Waals surface area contributed by atoms with Crippen molar-refractivity contribution in [3.05, 3.63) is 29.3 Å². The molecule has 0 saturated carbocycles. The van der Waals surface area contributed by atoms with Crippen LogP contribution in [0.15, 0.2) is 18.2 Å². The van der Waals surface area contributed by atoms with Crippen LogP contribution in [0.25, 0.3) is 0 Å². The number of benzene rings is 1. The van der Waals surface area contributed by atoms with Gasteiger partial charge in [0.1, 0.15) is 11.9 Å². The Morgan fingerprint density at radius 2 is 2.36 bits per heavy atom. The highest BCUT2D eigenvalue weighted by Crippen LogP contribution is 2.29. The van der Waals surface area contributed by atoms with Crippen molar-refractivity contribution in [3.63, 3.8) is 0 Å². The summed E-state index contributed by atoms with van der Waals surface area (Å²) in [7, 11) is 0. The Morgan fingerprint density at radius 1 is 1.50 bits per heavy atom. The molecule has 76 valence electrons. The Labute approximate surface area is 85.3 Å². The van der Waals surface area contributed by atoms with Gasteiger partial charge in [-0.1, -0.05) is 19.1 Å². The second kappa shape index (κ2) is 4.01. The zero-order valence-corrected chi connectivity index (χ0v) is 8.84. The van der Waals surface area contributed by atoms with Crippen molar-refractivity contribution < 1.29 is 4.74 Å². The zero-order valence-electron chi connectivity index (χ0n) is 8.84. The molecule has 2 heteroatoms. The summed E-state index contributed by atoms with van der Waals surface area (Å²) in [5.74, 6) is 1.07. The molecule has 0 radical (unpaired) electrons. The third-order valence-corrected chi connectivity index (χ3v) is 2.54. The van der Waals surface area contributed by atoms with E-state index >= 15 is 0 Å². The van der Waals surface area contributed by atoms with Gasteiger partial charge in [0, 0.05) is 13.0 Å². The van der Waals surface area contributed by atoms with E-state index in [2.05, 4.69) is 37.4 Å². The van der Waals surface area contributed by atoms with E-state index in [1.807, 2.05) is 0 Å². The molecule has 0 spiro atoms. The standard InChI is InChI=1S/C12H17NO/c1-3-13-8-10-4-5-12-11(7-10)6-9(2)14-12/h4-5,7,9,13H,3,6,8H2,1-2H3. The van der Waals surface area contributed by atoms with Crippen molar-refractivity contribution >= 4 is 0 Å². The molecule has 2 nitrogen and oxygen atoms in total. The van der Waals surface area contributed by atoms with Crippen LogP contribution in [0.2, 0.25) is 0 Å². The summed E-state index contributed by atoms with van der Waals surface area (Å²) in [6.07, 6.45) is 1.40. The van der Waals surface area contributed by atoms with Crippen molar-refractivity contribution in [1.82, 2.24) is 5.32 Å². The van der Waals surface area contributed by atoms with Gasteiger partial charge in [-0.15, -0.1) is 0 Å². The molecule has 1 aromatic rings. The third kappa shape index (κ3) is 1.90. The molecule has 1 N–H and O–H groups in total. The minimum absolute atomic E-state index is 0.347. The van der Waals surface area contributed by atoms with Crippen molar-refractivity contribution in [1.29, 1.82) is 0 Å². The van der Waals surface area contributed by atoms with Gasteiger partial charge < -0.3 is 10.1 Å². The van der Waals surface area contributed by atoms with Gasteiger partial charge in [-0.3, -0.25) is 0 Å². The average Bonchev–Trinajstić information content (AvgIpc) is 2.54. The Bertz CT molecular complexity index is 322. The van der Waals surface area contributed by atoms with E-state index in [9.17, 15) is 0 Å². The third-order valence-electron chi connectivity index (χ3n) is 2.54. The summed E-state index contributed by atoms with van der Waals surface area (Å²) < 4.78 is 5.65.